The summed E-state index contributed by atoms with van der Waals surface area (Å²) in [4.78, 5) is 16.7. The molecule has 0 aliphatic rings. The van der Waals surface area contributed by atoms with Gasteiger partial charge in [-0.1, -0.05) is 36.4 Å². The van der Waals surface area contributed by atoms with E-state index in [9.17, 15) is 4.79 Å². The lowest BCUT2D eigenvalue weighted by Gasteiger charge is -2.10. The number of rotatable bonds is 7. The van der Waals surface area contributed by atoms with Gasteiger partial charge in [-0.25, -0.2) is 0 Å². The number of fused-ring (bicyclic) bond motifs is 1. The standard InChI is InChI=1S/C24H21N3O2/c28-23(27-22-10-4-6-18-7-5-16-26-24(18)22)15-17-25-19-11-13-21(14-12-19)29-20-8-2-1-3-9-20/h1-14,16,25H,15,17H2,(H,27,28). The van der Waals surface area contributed by atoms with E-state index in [0.29, 0.717) is 13.0 Å². The highest BCUT2D eigenvalue weighted by Crippen LogP contribution is 2.23. The number of carbonyl (C=O) groups excluding carboxylic acids is 1. The zero-order chi connectivity index (χ0) is 19.9. The fourth-order valence-corrected chi connectivity index (χ4v) is 3.00. The van der Waals surface area contributed by atoms with E-state index < -0.39 is 0 Å². The van der Waals surface area contributed by atoms with E-state index in [-0.39, 0.29) is 5.91 Å². The molecule has 0 fully saturated rings. The van der Waals surface area contributed by atoms with Gasteiger partial charge in [-0.2, -0.15) is 0 Å². The first-order valence-corrected chi connectivity index (χ1v) is 9.48. The van der Waals surface area contributed by atoms with Crippen molar-refractivity contribution in [2.24, 2.45) is 0 Å². The lowest BCUT2D eigenvalue weighted by Crippen LogP contribution is -2.16. The summed E-state index contributed by atoms with van der Waals surface area (Å²) < 4.78 is 5.78. The molecule has 0 atom stereocenters. The monoisotopic (exact) mass is 383 g/mol. The zero-order valence-electron chi connectivity index (χ0n) is 15.8. The normalized spacial score (nSPS) is 10.5. The molecule has 0 spiro atoms. The molecule has 0 saturated carbocycles. The minimum absolute atomic E-state index is 0.0558. The number of nitrogens with zero attached hydrogens (tertiary/aromatic N) is 1. The second kappa shape index (κ2) is 8.89. The molecule has 1 aromatic heterocycles. The molecular weight excluding hydrogens is 362 g/mol. The van der Waals surface area contributed by atoms with E-state index in [1.807, 2.05) is 84.9 Å². The Kier molecular flexibility index (Phi) is 5.67. The minimum atomic E-state index is -0.0558. The van der Waals surface area contributed by atoms with E-state index in [0.717, 1.165) is 33.8 Å². The van der Waals surface area contributed by atoms with Crippen molar-refractivity contribution in [3.63, 3.8) is 0 Å². The van der Waals surface area contributed by atoms with Crippen LogP contribution in [0.1, 0.15) is 6.42 Å². The SMILES string of the molecule is O=C(CCNc1ccc(Oc2ccccc2)cc1)Nc1cccc2cccnc12. The van der Waals surface area contributed by atoms with Crippen molar-refractivity contribution in [1.82, 2.24) is 4.98 Å². The van der Waals surface area contributed by atoms with Crippen molar-refractivity contribution in [2.75, 3.05) is 17.2 Å². The number of aromatic nitrogens is 1. The first-order chi connectivity index (χ1) is 14.3. The Morgan fingerprint density at radius 2 is 1.59 bits per heavy atom. The lowest BCUT2D eigenvalue weighted by atomic mass is 10.2. The van der Waals surface area contributed by atoms with Crippen LogP contribution in [-0.2, 0) is 4.79 Å². The molecule has 29 heavy (non-hydrogen) atoms. The Balaban J connectivity index is 1.28. The molecule has 0 aliphatic heterocycles. The predicted molar refractivity (Wildman–Crippen MR) is 116 cm³/mol. The number of amides is 1. The molecule has 0 radical (unpaired) electrons. The Hall–Kier alpha value is -3.86. The third kappa shape index (κ3) is 4.90. The van der Waals surface area contributed by atoms with Crippen LogP contribution in [0.5, 0.6) is 11.5 Å². The highest BCUT2D eigenvalue weighted by molar-refractivity contribution is 6.00. The molecule has 0 saturated heterocycles. The first kappa shape index (κ1) is 18.5. The maximum absolute atomic E-state index is 12.3. The highest BCUT2D eigenvalue weighted by Gasteiger charge is 2.06. The molecule has 1 heterocycles. The summed E-state index contributed by atoms with van der Waals surface area (Å²) in [7, 11) is 0. The van der Waals surface area contributed by atoms with Gasteiger partial charge >= 0.3 is 0 Å². The highest BCUT2D eigenvalue weighted by atomic mass is 16.5. The summed E-state index contributed by atoms with van der Waals surface area (Å²) in [5.74, 6) is 1.51. The van der Waals surface area contributed by atoms with Crippen molar-refractivity contribution in [3.8, 4) is 11.5 Å². The molecule has 0 aliphatic carbocycles. The second-order valence-electron chi connectivity index (χ2n) is 6.55. The number of hydrogen-bond acceptors (Lipinski definition) is 4. The quantitative estimate of drug-likeness (QED) is 0.444. The van der Waals surface area contributed by atoms with Crippen molar-refractivity contribution in [1.29, 1.82) is 0 Å². The molecule has 144 valence electrons. The van der Waals surface area contributed by atoms with Crippen molar-refractivity contribution in [2.45, 2.75) is 6.42 Å². The van der Waals surface area contributed by atoms with E-state index in [1.165, 1.54) is 0 Å². The van der Waals surface area contributed by atoms with Crippen LogP contribution in [0.25, 0.3) is 10.9 Å². The van der Waals surface area contributed by atoms with Gasteiger partial charge in [0, 0.05) is 30.2 Å². The number of ether oxygens (including phenoxy) is 1. The first-order valence-electron chi connectivity index (χ1n) is 9.48. The van der Waals surface area contributed by atoms with Gasteiger partial charge in [-0.15, -0.1) is 0 Å². The fraction of sp³-hybridized carbons (Fsp3) is 0.0833. The van der Waals surface area contributed by atoms with Crippen LogP contribution < -0.4 is 15.4 Å². The largest absolute Gasteiger partial charge is 0.457 e. The van der Waals surface area contributed by atoms with Crippen LogP contribution >= 0.6 is 0 Å². The molecule has 4 aromatic rings. The molecular formula is C24H21N3O2. The fourth-order valence-electron chi connectivity index (χ4n) is 3.00. The summed E-state index contributed by atoms with van der Waals surface area (Å²) >= 11 is 0. The summed E-state index contributed by atoms with van der Waals surface area (Å²) in [6.45, 7) is 0.531. The third-order valence-electron chi connectivity index (χ3n) is 4.42. The van der Waals surface area contributed by atoms with E-state index >= 15 is 0 Å². The summed E-state index contributed by atoms with van der Waals surface area (Å²) in [5.41, 5.74) is 2.46. The third-order valence-corrected chi connectivity index (χ3v) is 4.42. The van der Waals surface area contributed by atoms with E-state index in [2.05, 4.69) is 15.6 Å². The smallest absolute Gasteiger partial charge is 0.226 e. The van der Waals surface area contributed by atoms with Crippen molar-refractivity contribution in [3.05, 3.63) is 91.1 Å². The van der Waals surface area contributed by atoms with Gasteiger partial charge in [-0.3, -0.25) is 9.78 Å². The molecule has 0 bridgehead atoms. The van der Waals surface area contributed by atoms with Crippen LogP contribution in [0.3, 0.4) is 0 Å². The Bertz CT molecular complexity index is 1090. The van der Waals surface area contributed by atoms with Crippen LogP contribution in [0.2, 0.25) is 0 Å². The van der Waals surface area contributed by atoms with Crippen molar-refractivity contribution < 1.29 is 9.53 Å². The number of carbonyl (C=O) groups is 1. The number of anilines is 2. The molecule has 2 N–H and O–H groups in total. The summed E-state index contributed by atoms with van der Waals surface area (Å²) in [6, 6.07) is 26.9. The van der Waals surface area contributed by atoms with Gasteiger partial charge in [0.2, 0.25) is 5.91 Å². The van der Waals surface area contributed by atoms with Gasteiger partial charge in [0.25, 0.3) is 0 Å². The van der Waals surface area contributed by atoms with Crippen LogP contribution in [0.15, 0.2) is 91.1 Å². The molecule has 5 heteroatoms. The maximum atomic E-state index is 12.3. The average molecular weight is 383 g/mol. The lowest BCUT2D eigenvalue weighted by molar-refractivity contribution is -0.115. The van der Waals surface area contributed by atoms with Gasteiger partial charge in [-0.05, 0) is 48.5 Å². The molecule has 5 nitrogen and oxygen atoms in total. The Morgan fingerprint density at radius 3 is 2.41 bits per heavy atom. The van der Waals surface area contributed by atoms with E-state index in [1.54, 1.807) is 6.20 Å². The number of benzene rings is 3. The van der Waals surface area contributed by atoms with Gasteiger partial charge in [0.1, 0.15) is 11.5 Å². The maximum Gasteiger partial charge on any atom is 0.226 e. The van der Waals surface area contributed by atoms with E-state index in [4.69, 9.17) is 4.74 Å². The van der Waals surface area contributed by atoms with Gasteiger partial charge in [0.15, 0.2) is 0 Å². The molecule has 3 aromatic carbocycles. The number of pyridine rings is 1. The average Bonchev–Trinajstić information content (AvgIpc) is 2.76. The van der Waals surface area contributed by atoms with Gasteiger partial charge < -0.3 is 15.4 Å². The van der Waals surface area contributed by atoms with Gasteiger partial charge in [0.05, 0.1) is 11.2 Å². The minimum Gasteiger partial charge on any atom is -0.457 e. The Morgan fingerprint density at radius 1 is 0.828 bits per heavy atom. The van der Waals surface area contributed by atoms with Crippen LogP contribution in [0.4, 0.5) is 11.4 Å². The predicted octanol–water partition coefficient (Wildman–Crippen LogP) is 5.47. The number of hydrogen-bond donors (Lipinski definition) is 2. The zero-order valence-corrected chi connectivity index (χ0v) is 15.8. The Labute approximate surface area is 169 Å². The summed E-state index contributed by atoms with van der Waals surface area (Å²) in [5, 5.41) is 7.20. The second-order valence-corrected chi connectivity index (χ2v) is 6.55. The van der Waals surface area contributed by atoms with Crippen LogP contribution in [0, 0.1) is 0 Å². The number of nitrogens with one attached hydrogen (secondary N) is 2. The topological polar surface area (TPSA) is 63.2 Å². The molecule has 1 amide bonds. The summed E-state index contributed by atoms with van der Waals surface area (Å²) in [6.07, 6.45) is 2.08. The van der Waals surface area contributed by atoms with Crippen molar-refractivity contribution >= 4 is 28.2 Å². The molecule has 4 rings (SSSR count). The molecule has 0 unspecified atom stereocenters. The van der Waals surface area contributed by atoms with Crippen LogP contribution in [-0.4, -0.2) is 17.4 Å². The number of para-hydroxylation sites is 2.